The number of piperidine rings is 1. The summed E-state index contributed by atoms with van der Waals surface area (Å²) in [5, 5.41) is 16.0. The quantitative estimate of drug-likeness (QED) is 0.0653. The summed E-state index contributed by atoms with van der Waals surface area (Å²) in [4.78, 5) is 15.5. The van der Waals surface area contributed by atoms with Gasteiger partial charge in [-0.25, -0.2) is 0 Å². The molecule has 3 aliphatic rings. The molecule has 1 amide bonds. The second kappa shape index (κ2) is 19.2. The number of alkyl halides is 4. The normalized spacial score (nSPS) is 34.1. The number of carbonyl (C=O) groups excluding carboxylic acids is 1. The Morgan fingerprint density at radius 2 is 1.43 bits per heavy atom. The van der Waals surface area contributed by atoms with Gasteiger partial charge in [-0.1, -0.05) is 68.9 Å². The summed E-state index contributed by atoms with van der Waals surface area (Å²) >= 11 is 15.3. The predicted octanol–water partition coefficient (Wildman–Crippen LogP) is 4.17. The number of amides is 1. The molecule has 0 radical (unpaired) electrons. The van der Waals surface area contributed by atoms with Crippen LogP contribution < -0.4 is 16.0 Å². The Kier molecular flexibility index (Phi) is 16.9. The molecule has 1 aliphatic heterocycles. The zero-order chi connectivity index (χ0) is 28.9. The lowest BCUT2D eigenvalue weighted by atomic mass is 9.83. The SMILES string of the molecule is NCCCOC1C(Br)CC(CC(=NO)C(=O)NCCC2CC(Br)C(OCCC[NH+]3CCCCC3)C(Br)C2)CC1Br. The minimum Gasteiger partial charge on any atom is -0.410 e. The van der Waals surface area contributed by atoms with Crippen molar-refractivity contribution < 1.29 is 24.4 Å². The number of ether oxygens (including phenoxy) is 2. The lowest BCUT2D eigenvalue weighted by Gasteiger charge is -2.37. The van der Waals surface area contributed by atoms with E-state index in [9.17, 15) is 10.0 Å². The van der Waals surface area contributed by atoms with Crippen molar-refractivity contribution >= 4 is 75.3 Å². The maximum atomic E-state index is 12.8. The van der Waals surface area contributed by atoms with Gasteiger partial charge in [0.15, 0.2) is 0 Å². The van der Waals surface area contributed by atoms with Crippen LogP contribution in [-0.2, 0) is 14.3 Å². The zero-order valence-electron chi connectivity index (χ0n) is 23.6. The molecule has 12 heteroatoms. The van der Waals surface area contributed by atoms with E-state index in [0.29, 0.717) is 41.7 Å². The van der Waals surface area contributed by atoms with E-state index in [-0.39, 0.29) is 39.4 Å². The van der Waals surface area contributed by atoms with E-state index < -0.39 is 0 Å². The number of oxime groups is 1. The van der Waals surface area contributed by atoms with E-state index in [1.54, 1.807) is 4.90 Å². The van der Waals surface area contributed by atoms with Gasteiger partial charge in [-0.15, -0.1) is 0 Å². The number of rotatable bonds is 15. The molecule has 0 aromatic carbocycles. The van der Waals surface area contributed by atoms with Crippen LogP contribution >= 0.6 is 63.7 Å². The first-order chi connectivity index (χ1) is 19.3. The third kappa shape index (κ3) is 11.7. The molecule has 4 atom stereocenters. The summed E-state index contributed by atoms with van der Waals surface area (Å²) in [6.07, 6.45) is 11.4. The number of nitrogens with zero attached hydrogens (tertiary/aromatic N) is 1. The van der Waals surface area contributed by atoms with Gasteiger partial charge in [0.05, 0.1) is 38.4 Å². The molecule has 8 nitrogen and oxygen atoms in total. The Morgan fingerprint density at radius 1 is 0.875 bits per heavy atom. The average molecular weight is 825 g/mol. The highest BCUT2D eigenvalue weighted by atomic mass is 79.9. The lowest BCUT2D eigenvalue weighted by Crippen LogP contribution is -3.12. The fraction of sp³-hybridized carbons (Fsp3) is 0.929. The van der Waals surface area contributed by atoms with Crippen LogP contribution in [0.4, 0.5) is 0 Å². The molecule has 232 valence electrons. The van der Waals surface area contributed by atoms with E-state index in [1.165, 1.54) is 38.9 Å². The third-order valence-electron chi connectivity index (χ3n) is 8.57. The molecule has 1 heterocycles. The van der Waals surface area contributed by atoms with Crippen molar-refractivity contribution in [1.29, 1.82) is 0 Å². The topological polar surface area (TPSA) is 111 Å². The Bertz CT molecular complexity index is 753. The molecule has 5 N–H and O–H groups in total. The minimum absolute atomic E-state index is 0.0590. The largest absolute Gasteiger partial charge is 0.410 e. The Morgan fingerprint density at radius 3 is 1.98 bits per heavy atom. The maximum Gasteiger partial charge on any atom is 0.269 e. The van der Waals surface area contributed by atoms with Crippen LogP contribution in [0.2, 0.25) is 0 Å². The van der Waals surface area contributed by atoms with Crippen LogP contribution in [0.25, 0.3) is 0 Å². The molecule has 0 aromatic heterocycles. The van der Waals surface area contributed by atoms with Crippen molar-refractivity contribution in [3.63, 3.8) is 0 Å². The molecular weight excluding hydrogens is 776 g/mol. The Hall–Kier alpha value is 0.700. The summed E-state index contributed by atoms with van der Waals surface area (Å²) in [6, 6.07) is 0. The average Bonchev–Trinajstić information content (AvgIpc) is 2.93. The second-order valence-electron chi connectivity index (χ2n) is 11.8. The molecule has 3 rings (SSSR count). The number of hydrogen-bond donors (Lipinski definition) is 4. The van der Waals surface area contributed by atoms with Gasteiger partial charge in [-0.3, -0.25) is 4.79 Å². The molecule has 4 unspecified atom stereocenters. The summed E-state index contributed by atoms with van der Waals surface area (Å²) in [7, 11) is 0. The maximum absolute atomic E-state index is 12.8. The first-order valence-electron chi connectivity index (χ1n) is 15.1. The van der Waals surface area contributed by atoms with Crippen molar-refractivity contribution in [2.75, 3.05) is 45.9 Å². The van der Waals surface area contributed by atoms with Crippen molar-refractivity contribution in [2.45, 2.75) is 102 Å². The first-order valence-corrected chi connectivity index (χ1v) is 18.8. The van der Waals surface area contributed by atoms with Crippen molar-refractivity contribution in [1.82, 2.24) is 5.32 Å². The van der Waals surface area contributed by atoms with Crippen molar-refractivity contribution in [2.24, 2.45) is 22.7 Å². The molecular formula is C28H49Br4N4O4+. The molecule has 0 spiro atoms. The fourth-order valence-electron chi connectivity index (χ4n) is 6.37. The zero-order valence-corrected chi connectivity index (χ0v) is 29.9. The summed E-state index contributed by atoms with van der Waals surface area (Å²) in [5.74, 6) is 0.429. The van der Waals surface area contributed by atoms with Crippen molar-refractivity contribution in [3.05, 3.63) is 0 Å². The van der Waals surface area contributed by atoms with E-state index in [1.807, 2.05) is 0 Å². The van der Waals surface area contributed by atoms with Crippen LogP contribution in [0.5, 0.6) is 0 Å². The molecule has 1 saturated heterocycles. The monoisotopic (exact) mass is 821 g/mol. The highest BCUT2D eigenvalue weighted by Crippen LogP contribution is 2.38. The van der Waals surface area contributed by atoms with Crippen LogP contribution in [0.1, 0.15) is 70.6 Å². The molecule has 2 saturated carbocycles. The highest BCUT2D eigenvalue weighted by molar-refractivity contribution is 9.10. The highest BCUT2D eigenvalue weighted by Gasteiger charge is 2.38. The number of halogens is 4. The van der Waals surface area contributed by atoms with Gasteiger partial charge in [0.1, 0.15) is 5.71 Å². The fourth-order valence-corrected chi connectivity index (χ4v) is 11.4. The van der Waals surface area contributed by atoms with E-state index in [2.05, 4.69) is 74.2 Å². The smallest absolute Gasteiger partial charge is 0.269 e. The van der Waals surface area contributed by atoms with E-state index in [0.717, 1.165) is 51.6 Å². The van der Waals surface area contributed by atoms with Gasteiger partial charge >= 0.3 is 0 Å². The summed E-state index contributed by atoms with van der Waals surface area (Å²) in [5.41, 5.74) is 5.78. The van der Waals surface area contributed by atoms with Crippen LogP contribution in [0.15, 0.2) is 5.16 Å². The molecule has 2 aliphatic carbocycles. The van der Waals surface area contributed by atoms with Crippen LogP contribution in [-0.4, -0.2) is 94.3 Å². The number of hydrogen-bond acceptors (Lipinski definition) is 6. The van der Waals surface area contributed by atoms with Gasteiger partial charge in [0, 0.05) is 45.3 Å². The van der Waals surface area contributed by atoms with E-state index >= 15 is 0 Å². The molecule has 0 bridgehead atoms. The van der Waals surface area contributed by atoms with Crippen LogP contribution in [0.3, 0.4) is 0 Å². The first kappa shape index (κ1) is 35.2. The van der Waals surface area contributed by atoms with E-state index in [4.69, 9.17) is 15.2 Å². The van der Waals surface area contributed by atoms with Crippen LogP contribution in [0, 0.1) is 11.8 Å². The predicted molar refractivity (Wildman–Crippen MR) is 175 cm³/mol. The van der Waals surface area contributed by atoms with Gasteiger partial charge in [-0.2, -0.15) is 0 Å². The second-order valence-corrected chi connectivity index (χ2v) is 16.5. The molecule has 0 aromatic rings. The summed E-state index contributed by atoms with van der Waals surface area (Å²) in [6.45, 7) is 6.48. The Labute approximate surface area is 274 Å². The lowest BCUT2D eigenvalue weighted by molar-refractivity contribution is -0.905. The Balaban J connectivity index is 1.33. The molecule has 40 heavy (non-hydrogen) atoms. The number of quaternary nitrogens is 1. The van der Waals surface area contributed by atoms with Gasteiger partial charge in [0.25, 0.3) is 5.91 Å². The third-order valence-corrected chi connectivity index (χ3v) is 12.1. The molecule has 3 fully saturated rings. The number of likely N-dealkylation sites (tertiary alicyclic amines) is 1. The van der Waals surface area contributed by atoms with Gasteiger partial charge < -0.3 is 30.6 Å². The van der Waals surface area contributed by atoms with Crippen molar-refractivity contribution in [3.8, 4) is 0 Å². The van der Waals surface area contributed by atoms with Gasteiger partial charge in [0.2, 0.25) is 0 Å². The summed E-state index contributed by atoms with van der Waals surface area (Å²) < 4.78 is 12.3. The number of carbonyl (C=O) groups is 1. The standard InChI is InChI=1S/C28H48Br4N4O4/c29-21-14-19(15-22(30)26(21)40-13-5-11-36-9-2-1-3-10-36)6-8-34-28(37)25(35-38)18-20-16-23(31)27(24(32)17-20)39-12-4-7-33/h19-24,26-27,38H,1-18,33H2,(H,34,37)/p+1. The number of nitrogens with two attached hydrogens (primary N) is 1. The number of nitrogens with one attached hydrogen (secondary N) is 2. The van der Waals surface area contributed by atoms with Gasteiger partial charge in [-0.05, 0) is 76.2 Å². The minimum atomic E-state index is -0.278.